The summed E-state index contributed by atoms with van der Waals surface area (Å²) in [6.45, 7) is -0.293. The van der Waals surface area contributed by atoms with Crippen molar-refractivity contribution >= 4 is 11.9 Å². The molecule has 22 heavy (non-hydrogen) atoms. The second-order valence-electron chi connectivity index (χ2n) is 4.41. The van der Waals surface area contributed by atoms with E-state index in [-0.39, 0.29) is 6.61 Å². The number of urea groups is 1. The number of carbonyl (C=O) groups is 2. The molecule has 6 nitrogen and oxygen atoms in total. The van der Waals surface area contributed by atoms with Crippen molar-refractivity contribution in [2.45, 2.75) is 0 Å². The monoisotopic (exact) mass is 295 g/mol. The molecule has 3 N–H and O–H groups in total. The van der Waals surface area contributed by atoms with Crippen molar-refractivity contribution in [3.8, 4) is 22.9 Å². The zero-order chi connectivity index (χ0) is 15.9. The number of imide groups is 1. The Balaban J connectivity index is 1.99. The van der Waals surface area contributed by atoms with Gasteiger partial charge >= 0.3 is 6.03 Å². The predicted octanol–water partition coefficient (Wildman–Crippen LogP) is 1.80. The number of nitrogens with two attached hydrogens (primary N) is 1. The quantitative estimate of drug-likeness (QED) is 0.897. The highest BCUT2D eigenvalue weighted by Gasteiger charge is 2.05. The minimum atomic E-state index is -0.912. The maximum absolute atomic E-state index is 11.2. The molecular formula is C16H13N3O3. The molecule has 0 saturated carbocycles. The van der Waals surface area contributed by atoms with E-state index in [0.717, 1.165) is 11.1 Å². The van der Waals surface area contributed by atoms with Gasteiger partial charge in [-0.3, -0.25) is 10.1 Å². The van der Waals surface area contributed by atoms with Crippen LogP contribution in [0.15, 0.2) is 48.5 Å². The van der Waals surface area contributed by atoms with Gasteiger partial charge in [0, 0.05) is 0 Å². The first-order valence-electron chi connectivity index (χ1n) is 6.41. The molecule has 3 amide bonds. The second-order valence-corrected chi connectivity index (χ2v) is 4.41. The number of nitrogens with zero attached hydrogens (tertiary/aromatic N) is 1. The normalized spacial score (nSPS) is 9.59. The zero-order valence-electron chi connectivity index (χ0n) is 11.6. The van der Waals surface area contributed by atoms with Crippen molar-refractivity contribution in [2.24, 2.45) is 5.73 Å². The lowest BCUT2D eigenvalue weighted by Crippen LogP contribution is -2.38. The number of nitrogens with one attached hydrogen (secondary N) is 1. The molecular weight excluding hydrogens is 282 g/mol. The van der Waals surface area contributed by atoms with Gasteiger partial charge in [-0.2, -0.15) is 5.26 Å². The van der Waals surface area contributed by atoms with Gasteiger partial charge in [-0.1, -0.05) is 24.3 Å². The highest BCUT2D eigenvalue weighted by molar-refractivity contribution is 5.94. The lowest BCUT2D eigenvalue weighted by Gasteiger charge is -2.07. The van der Waals surface area contributed by atoms with Crippen LogP contribution in [0.3, 0.4) is 0 Å². The number of benzene rings is 2. The van der Waals surface area contributed by atoms with Crippen molar-refractivity contribution in [3.05, 3.63) is 54.1 Å². The van der Waals surface area contributed by atoms with Gasteiger partial charge in [-0.05, 0) is 35.4 Å². The van der Waals surface area contributed by atoms with E-state index in [1.807, 2.05) is 29.6 Å². The fourth-order valence-corrected chi connectivity index (χ4v) is 1.80. The average Bonchev–Trinajstić information content (AvgIpc) is 2.53. The Morgan fingerprint density at radius 1 is 1.05 bits per heavy atom. The number of ether oxygens (including phenoxy) is 1. The van der Waals surface area contributed by atoms with E-state index in [0.29, 0.717) is 11.3 Å². The predicted molar refractivity (Wildman–Crippen MR) is 79.8 cm³/mol. The van der Waals surface area contributed by atoms with E-state index in [4.69, 9.17) is 15.7 Å². The summed E-state index contributed by atoms with van der Waals surface area (Å²) in [5.41, 5.74) is 7.35. The summed E-state index contributed by atoms with van der Waals surface area (Å²) in [6.07, 6.45) is 0. The van der Waals surface area contributed by atoms with Gasteiger partial charge in [-0.25, -0.2) is 4.79 Å². The molecule has 0 aliphatic rings. The molecule has 0 fully saturated rings. The molecule has 0 unspecified atom stereocenters. The highest BCUT2D eigenvalue weighted by atomic mass is 16.5. The van der Waals surface area contributed by atoms with Crippen molar-refractivity contribution in [1.29, 1.82) is 5.26 Å². The number of primary amides is 1. The number of amides is 3. The molecule has 0 spiro atoms. The summed E-state index contributed by atoms with van der Waals surface area (Å²) in [5, 5.41) is 10.7. The Hall–Kier alpha value is -3.33. The molecule has 2 aromatic carbocycles. The van der Waals surface area contributed by atoms with Crippen molar-refractivity contribution in [1.82, 2.24) is 5.32 Å². The maximum Gasteiger partial charge on any atom is 0.318 e. The third kappa shape index (κ3) is 4.08. The van der Waals surface area contributed by atoms with Gasteiger partial charge in [0.15, 0.2) is 6.61 Å². The molecule has 0 aliphatic heterocycles. The average molecular weight is 295 g/mol. The third-order valence-corrected chi connectivity index (χ3v) is 2.83. The van der Waals surface area contributed by atoms with E-state index in [1.165, 1.54) is 0 Å². The van der Waals surface area contributed by atoms with Gasteiger partial charge in [0.1, 0.15) is 5.75 Å². The van der Waals surface area contributed by atoms with Crippen LogP contribution in [0.25, 0.3) is 11.1 Å². The molecule has 6 heteroatoms. The molecule has 0 heterocycles. The third-order valence-electron chi connectivity index (χ3n) is 2.83. The van der Waals surface area contributed by atoms with Gasteiger partial charge < -0.3 is 10.5 Å². The SMILES string of the molecule is N#Cc1ccc(-c2ccc(OCC(=O)NC(N)=O)cc2)cc1. The Morgan fingerprint density at radius 3 is 2.09 bits per heavy atom. The van der Waals surface area contributed by atoms with Crippen LogP contribution < -0.4 is 15.8 Å². The van der Waals surface area contributed by atoms with Crippen LogP contribution >= 0.6 is 0 Å². The lowest BCUT2D eigenvalue weighted by molar-refractivity contribution is -0.121. The second kappa shape index (κ2) is 6.90. The Labute approximate surface area is 127 Å². The van der Waals surface area contributed by atoms with Gasteiger partial charge in [0.2, 0.25) is 0 Å². The molecule has 0 atom stereocenters. The molecule has 2 aromatic rings. The zero-order valence-corrected chi connectivity index (χ0v) is 11.6. The number of nitriles is 1. The van der Waals surface area contributed by atoms with Gasteiger partial charge in [-0.15, -0.1) is 0 Å². The van der Waals surface area contributed by atoms with E-state index in [9.17, 15) is 9.59 Å². The van der Waals surface area contributed by atoms with E-state index in [2.05, 4.69) is 6.07 Å². The van der Waals surface area contributed by atoms with Crippen LogP contribution in [0.5, 0.6) is 5.75 Å². The van der Waals surface area contributed by atoms with Gasteiger partial charge in [0.25, 0.3) is 5.91 Å². The minimum Gasteiger partial charge on any atom is -0.484 e. The van der Waals surface area contributed by atoms with Crippen LogP contribution in [0.4, 0.5) is 4.79 Å². The molecule has 2 rings (SSSR count). The molecule has 0 radical (unpaired) electrons. The van der Waals surface area contributed by atoms with E-state index >= 15 is 0 Å². The molecule has 0 aliphatic carbocycles. The fourth-order valence-electron chi connectivity index (χ4n) is 1.80. The van der Waals surface area contributed by atoms with Gasteiger partial charge in [0.05, 0.1) is 11.6 Å². The fraction of sp³-hybridized carbons (Fsp3) is 0.0625. The van der Waals surface area contributed by atoms with Crippen LogP contribution in [0, 0.1) is 11.3 Å². The van der Waals surface area contributed by atoms with Crippen LogP contribution in [0.1, 0.15) is 5.56 Å². The summed E-state index contributed by atoms with van der Waals surface area (Å²) in [4.78, 5) is 21.7. The molecule has 0 aromatic heterocycles. The summed E-state index contributed by atoms with van der Waals surface area (Å²) < 4.78 is 5.23. The standard InChI is InChI=1S/C16H13N3O3/c17-9-11-1-3-12(4-2-11)13-5-7-14(8-6-13)22-10-15(20)19-16(18)21/h1-8H,10H2,(H3,18,19,20,21). The maximum atomic E-state index is 11.2. The van der Waals surface area contributed by atoms with E-state index in [1.54, 1.807) is 24.3 Å². The first-order valence-corrected chi connectivity index (χ1v) is 6.41. The number of hydrogen-bond donors (Lipinski definition) is 2. The smallest absolute Gasteiger partial charge is 0.318 e. The van der Waals surface area contributed by atoms with E-state index < -0.39 is 11.9 Å². The van der Waals surface area contributed by atoms with Crippen LogP contribution in [-0.4, -0.2) is 18.5 Å². The highest BCUT2D eigenvalue weighted by Crippen LogP contribution is 2.22. The largest absolute Gasteiger partial charge is 0.484 e. The number of carbonyl (C=O) groups excluding carboxylic acids is 2. The first kappa shape index (κ1) is 15.1. The van der Waals surface area contributed by atoms with Crippen LogP contribution in [-0.2, 0) is 4.79 Å². The first-order chi connectivity index (χ1) is 10.6. The summed E-state index contributed by atoms with van der Waals surface area (Å²) in [7, 11) is 0. The lowest BCUT2D eigenvalue weighted by atomic mass is 10.0. The minimum absolute atomic E-state index is 0.293. The Bertz CT molecular complexity index is 716. The van der Waals surface area contributed by atoms with Crippen molar-refractivity contribution in [3.63, 3.8) is 0 Å². The number of rotatable bonds is 4. The Morgan fingerprint density at radius 2 is 1.59 bits per heavy atom. The summed E-state index contributed by atoms with van der Waals surface area (Å²) in [6, 6.07) is 15.5. The number of hydrogen-bond acceptors (Lipinski definition) is 4. The topological polar surface area (TPSA) is 105 Å². The van der Waals surface area contributed by atoms with Crippen molar-refractivity contribution < 1.29 is 14.3 Å². The molecule has 110 valence electrons. The Kier molecular flexibility index (Phi) is 4.73. The molecule has 0 bridgehead atoms. The van der Waals surface area contributed by atoms with Crippen LogP contribution in [0.2, 0.25) is 0 Å². The molecule has 0 saturated heterocycles. The summed E-state index contributed by atoms with van der Waals surface area (Å²) in [5.74, 6) is -0.110. The summed E-state index contributed by atoms with van der Waals surface area (Å²) >= 11 is 0. The van der Waals surface area contributed by atoms with Crippen molar-refractivity contribution in [2.75, 3.05) is 6.61 Å².